The summed E-state index contributed by atoms with van der Waals surface area (Å²) in [5, 5.41) is 47.3. The van der Waals surface area contributed by atoms with Crippen molar-refractivity contribution in [2.45, 2.75) is 46.3 Å². The van der Waals surface area contributed by atoms with Gasteiger partial charge < -0.3 is 95.6 Å². The molecule has 0 bridgehead atoms. The molecule has 7 aliphatic heterocycles. The van der Waals surface area contributed by atoms with Crippen LogP contribution in [0.1, 0.15) is 77.4 Å². The molecule has 13 rings (SSSR count). The van der Waals surface area contributed by atoms with Gasteiger partial charge in [-0.15, -0.1) is 9.91 Å². The number of aromatic carboxylic acids is 3. The highest BCUT2D eigenvalue weighted by Crippen LogP contribution is 2.44. The Balaban J connectivity index is 0.000000160. The predicted octanol–water partition coefficient (Wildman–Crippen LogP) is 3.05. The molecule has 4 saturated heterocycles. The number of halogens is 4. The Bertz CT molecular complexity index is 4190. The quantitative estimate of drug-likeness (QED) is 0.0394. The average Bonchev–Trinajstić information content (AvgIpc) is 0.752. The Hall–Kier alpha value is -10.2. The molecular weight excluding hydrogens is 1230 g/mol. The minimum absolute atomic E-state index is 0. The minimum Gasteiger partial charge on any atom is -0.487 e. The van der Waals surface area contributed by atoms with Crippen LogP contribution in [0.5, 0.6) is 17.2 Å². The summed E-state index contributed by atoms with van der Waals surface area (Å²) in [5.74, 6) is -7.08. The van der Waals surface area contributed by atoms with E-state index >= 15 is 4.39 Å². The lowest BCUT2D eigenvalue weighted by molar-refractivity contribution is 0.0683. The molecule has 3 aromatic heterocycles. The molecule has 496 valence electrons. The maximum absolute atomic E-state index is 15.2. The molecule has 0 radical (unpaired) electrons. The fourth-order valence-electron chi connectivity index (χ4n) is 11.4. The summed E-state index contributed by atoms with van der Waals surface area (Å²) < 4.78 is 78.9. The molecule has 3 unspecified atom stereocenters. The smallest absolute Gasteiger partial charge is 0.341 e. The van der Waals surface area contributed by atoms with Gasteiger partial charge in [0.1, 0.15) is 58.1 Å². The number of nitrogens with two attached hydrogens (primary N) is 2. The summed E-state index contributed by atoms with van der Waals surface area (Å²) in [5.41, 5.74) is 9.21. The van der Waals surface area contributed by atoms with E-state index in [1.54, 1.807) is 25.9 Å². The Kier molecular flexibility index (Phi) is 22.0. The van der Waals surface area contributed by atoms with Crippen LogP contribution >= 0.6 is 0 Å². The maximum Gasteiger partial charge on any atom is 0.341 e. The molecule has 7 aliphatic rings. The van der Waals surface area contributed by atoms with E-state index in [0.717, 1.165) is 83.8 Å². The van der Waals surface area contributed by atoms with Crippen molar-refractivity contribution in [2.75, 3.05) is 134 Å². The summed E-state index contributed by atoms with van der Waals surface area (Å²) >= 11 is 0. The predicted molar refractivity (Wildman–Crippen MR) is 338 cm³/mol. The second-order valence-electron chi connectivity index (χ2n) is 22.1. The van der Waals surface area contributed by atoms with Gasteiger partial charge in [-0.1, -0.05) is 7.43 Å². The Morgan fingerprint density at radius 1 is 0.505 bits per heavy atom. The number of guanidine groups is 2. The van der Waals surface area contributed by atoms with Gasteiger partial charge in [-0.25, -0.2) is 27.6 Å². The SMILES string of the molecule is C.C1CNCCN1.CC1COc2c(F)c(F)cc3c(=O)c(C(=O)O)cn1c23.CC1COc2c(N3CCNCC3)c(F)cc3c(=O)c(C(=O)O)cn1c23.[C-]#[N+]N=C(N)N1CCN(c2c(F)cc3c(=O)c(C(=O)O)cn4c3c2OCC4C)CC1.[C-]#[N+]N=C(N)N1CCNCC1. The van der Waals surface area contributed by atoms with Gasteiger partial charge in [0.05, 0.1) is 50.8 Å². The van der Waals surface area contributed by atoms with Crippen molar-refractivity contribution >= 4 is 73.9 Å². The number of hydrogen-bond donors (Lipinski definition) is 9. The fourth-order valence-corrected chi connectivity index (χ4v) is 11.4. The van der Waals surface area contributed by atoms with Crippen molar-refractivity contribution in [2.24, 2.45) is 21.7 Å². The number of aromatic nitrogens is 3. The highest BCUT2D eigenvalue weighted by Gasteiger charge is 2.34. The van der Waals surface area contributed by atoms with Crippen LogP contribution in [-0.4, -0.2) is 193 Å². The number of anilines is 2. The fraction of sp³-hybridized carbons (Fsp3) is 0.433. The van der Waals surface area contributed by atoms with Crippen molar-refractivity contribution in [3.05, 3.63) is 130 Å². The number of carbonyl (C=O) groups is 3. The first-order valence-corrected chi connectivity index (χ1v) is 29.3. The van der Waals surface area contributed by atoms with E-state index in [-0.39, 0.29) is 95.8 Å². The van der Waals surface area contributed by atoms with Crippen molar-refractivity contribution in [3.63, 3.8) is 0 Å². The highest BCUT2D eigenvalue weighted by molar-refractivity contribution is 5.99. The van der Waals surface area contributed by atoms with Crippen LogP contribution in [0.3, 0.4) is 0 Å². The summed E-state index contributed by atoms with van der Waals surface area (Å²) in [4.78, 5) is 84.3. The molecule has 29 nitrogen and oxygen atoms in total. The molecule has 3 atom stereocenters. The second kappa shape index (κ2) is 29.8. The first kappa shape index (κ1) is 68.7. The molecule has 33 heteroatoms. The van der Waals surface area contributed by atoms with Crippen LogP contribution in [0.25, 0.3) is 42.6 Å². The van der Waals surface area contributed by atoms with Gasteiger partial charge >= 0.3 is 17.9 Å². The maximum atomic E-state index is 15.2. The van der Waals surface area contributed by atoms with E-state index in [0.29, 0.717) is 73.8 Å². The first-order valence-electron chi connectivity index (χ1n) is 29.3. The Morgan fingerprint density at radius 3 is 1.17 bits per heavy atom. The number of benzene rings is 3. The number of nitrogens with one attached hydrogen (secondary N) is 4. The third-order valence-corrected chi connectivity index (χ3v) is 16.1. The number of rotatable bonds is 5. The van der Waals surface area contributed by atoms with E-state index in [4.69, 9.17) is 43.9 Å². The highest BCUT2D eigenvalue weighted by atomic mass is 19.2. The average molecular weight is 1300 g/mol. The molecule has 0 spiro atoms. The lowest BCUT2D eigenvalue weighted by atomic mass is 10.1. The van der Waals surface area contributed by atoms with Gasteiger partial charge in [0, 0.05) is 123 Å². The van der Waals surface area contributed by atoms with Gasteiger partial charge in [-0.05, 0) is 39.0 Å². The second-order valence-corrected chi connectivity index (χ2v) is 22.1. The molecule has 3 aromatic carbocycles. The zero-order chi connectivity index (χ0) is 66.2. The van der Waals surface area contributed by atoms with Crippen LogP contribution in [0.15, 0.2) is 61.4 Å². The molecule has 0 aliphatic carbocycles. The molecule has 6 aromatic rings. The summed E-state index contributed by atoms with van der Waals surface area (Å²) in [6, 6.07) is 2.26. The van der Waals surface area contributed by atoms with E-state index in [1.807, 2.05) is 23.6 Å². The van der Waals surface area contributed by atoms with Gasteiger partial charge in [0.2, 0.25) is 22.1 Å². The Labute approximate surface area is 528 Å². The molecule has 4 fully saturated rings. The third-order valence-electron chi connectivity index (χ3n) is 16.1. The van der Waals surface area contributed by atoms with Crippen molar-refractivity contribution < 1.29 is 61.5 Å². The van der Waals surface area contributed by atoms with Crippen LogP contribution in [-0.2, 0) is 0 Å². The number of pyridine rings is 3. The van der Waals surface area contributed by atoms with Crippen LogP contribution in [0.4, 0.5) is 28.9 Å². The van der Waals surface area contributed by atoms with Crippen molar-refractivity contribution in [1.29, 1.82) is 0 Å². The molecule has 0 amide bonds. The number of nitrogens with zero attached hydrogens (tertiary/aromatic N) is 11. The van der Waals surface area contributed by atoms with Crippen LogP contribution < -0.4 is 73.0 Å². The zero-order valence-corrected chi connectivity index (χ0v) is 50.2. The molecule has 10 heterocycles. The van der Waals surface area contributed by atoms with E-state index in [2.05, 4.69) is 41.4 Å². The molecule has 93 heavy (non-hydrogen) atoms. The van der Waals surface area contributed by atoms with E-state index in [9.17, 15) is 52.2 Å². The van der Waals surface area contributed by atoms with E-state index < -0.39 is 68.6 Å². The standard InChI is InChI=1S/C19H19FN6O4.C17H18FN3O4.C13H9F2NO4.C6H11N5.C4H10N2.CH4/c1-10-9-30-17-14-11(16(27)12(18(28)29)8-26(10)14)7-13(20)15(17)24-3-5-25(6-4-24)19(21)23-22-2;1-9-8-25-16-13-10(15(22)11(17(23)24)7-21(9)13)6-12(18)14(16)20-4-2-19-3-5-20;1-5-4-20-12-9(15)8(14)2-6-10(12)16(5)3-7(11(6)17)13(18)19;1-8-10-6(7)11-4-2-9-3-5-11;1-2-6-4-3-5-1;/h7-8,10H,3-6,9H2,1H3,(H2,21,23)(H,28,29);6-7,9,19H,2-5,8H2,1H3,(H,23,24);2-3,5H,4H2,1H3,(H,18,19);9H,2-5H2,(H2,7,10);5-6H,1-4H2;1H4. The zero-order valence-electron chi connectivity index (χ0n) is 50.2. The van der Waals surface area contributed by atoms with Gasteiger partial charge in [0.25, 0.3) is 11.9 Å². The van der Waals surface area contributed by atoms with Gasteiger partial charge in [-0.3, -0.25) is 14.4 Å². The lowest BCUT2D eigenvalue weighted by Gasteiger charge is -2.38. The third kappa shape index (κ3) is 14.3. The summed E-state index contributed by atoms with van der Waals surface area (Å²) in [6.07, 6.45) is 3.77. The van der Waals surface area contributed by atoms with E-state index in [1.165, 1.54) is 17.0 Å². The van der Waals surface area contributed by atoms with Gasteiger partial charge in [-0.2, -0.15) is 17.5 Å². The normalized spacial score (nSPS) is 18.9. The Morgan fingerprint density at radius 2 is 0.817 bits per heavy atom. The number of hydrogen-bond acceptors (Lipinski definition) is 17. The summed E-state index contributed by atoms with van der Waals surface area (Å²) in [6.45, 7) is 31.7. The number of carboxylic acids is 3. The van der Waals surface area contributed by atoms with Crippen molar-refractivity contribution in [3.8, 4) is 17.2 Å². The molecule has 0 saturated carbocycles. The number of ether oxygens (including phenoxy) is 3. The number of carboxylic acid groups (broad SMARTS) is 3. The van der Waals surface area contributed by atoms with Crippen LogP contribution in [0, 0.1) is 36.4 Å². The monoisotopic (exact) mass is 1300 g/mol. The van der Waals surface area contributed by atoms with Crippen LogP contribution in [0.2, 0.25) is 0 Å². The first-order chi connectivity index (χ1) is 44.1. The van der Waals surface area contributed by atoms with Crippen molar-refractivity contribution in [1.82, 2.24) is 44.8 Å². The molecular formula is C60H71F4N17O12. The molecule has 11 N–H and O–H groups in total. The summed E-state index contributed by atoms with van der Waals surface area (Å²) in [7, 11) is 0. The topological polar surface area (TPSA) is 352 Å². The minimum atomic E-state index is -1.41. The largest absolute Gasteiger partial charge is 0.487 e. The lowest BCUT2D eigenvalue weighted by Crippen LogP contribution is -2.51. The van der Waals surface area contributed by atoms with Gasteiger partial charge in [0.15, 0.2) is 34.7 Å². The number of piperazine rings is 4.